The molecule has 1 heterocycles. The smallest absolute Gasteiger partial charge is 0.199 e. The zero-order chi connectivity index (χ0) is 17.7. The third-order valence-corrected chi connectivity index (χ3v) is 4.13. The summed E-state index contributed by atoms with van der Waals surface area (Å²) in [6.07, 6.45) is 3.52. The minimum Gasteiger partial charge on any atom is -0.395 e. The highest BCUT2D eigenvalue weighted by Gasteiger charge is 2.24. The fourth-order valence-electron chi connectivity index (χ4n) is 2.51. The Labute approximate surface area is 145 Å². The monoisotopic (exact) mass is 350 g/mol. The first-order valence-electron chi connectivity index (χ1n) is 7.79. The molecule has 2 aromatic rings. The lowest BCUT2D eigenvalue weighted by Crippen LogP contribution is -2.33. The highest BCUT2D eigenvalue weighted by Crippen LogP contribution is 2.29. The summed E-state index contributed by atoms with van der Waals surface area (Å²) in [5.41, 5.74) is 0.480. The molecule has 2 rings (SSSR count). The van der Waals surface area contributed by atoms with Gasteiger partial charge in [0.2, 0.25) is 0 Å². The second-order valence-corrected chi connectivity index (χ2v) is 6.01. The van der Waals surface area contributed by atoms with Crippen molar-refractivity contribution in [3.05, 3.63) is 64.2 Å². The van der Waals surface area contributed by atoms with Crippen LogP contribution in [0.4, 0.5) is 4.39 Å². The molecule has 0 aliphatic carbocycles. The molecule has 1 aromatic carbocycles. The molecule has 24 heavy (non-hydrogen) atoms. The van der Waals surface area contributed by atoms with Crippen LogP contribution in [0.2, 0.25) is 5.02 Å². The summed E-state index contributed by atoms with van der Waals surface area (Å²) in [6, 6.07) is 5.76. The van der Waals surface area contributed by atoms with E-state index in [1.54, 1.807) is 31.3 Å². The molecule has 1 aromatic heterocycles. The molecule has 0 saturated heterocycles. The molecule has 0 radical (unpaired) electrons. The van der Waals surface area contributed by atoms with Crippen molar-refractivity contribution in [3.63, 3.8) is 0 Å². The molecule has 0 spiro atoms. The van der Waals surface area contributed by atoms with E-state index in [1.807, 2.05) is 6.92 Å². The van der Waals surface area contributed by atoms with Crippen molar-refractivity contribution in [1.29, 1.82) is 0 Å². The number of hydrogen-bond acceptors (Lipinski definition) is 4. The molecule has 6 heteroatoms. The number of benzene rings is 1. The molecular formula is C18H20ClFN2O2. The third kappa shape index (κ3) is 3.98. The summed E-state index contributed by atoms with van der Waals surface area (Å²) in [6.45, 7) is 3.64. The minimum atomic E-state index is -0.638. The number of carbonyl (C=O) groups is 1. The maximum absolute atomic E-state index is 15.0. The van der Waals surface area contributed by atoms with Crippen LogP contribution in [0.15, 0.2) is 36.7 Å². The van der Waals surface area contributed by atoms with Crippen LogP contribution in [0.1, 0.15) is 47.8 Å². The predicted octanol–water partition coefficient (Wildman–Crippen LogP) is 3.53. The van der Waals surface area contributed by atoms with Crippen molar-refractivity contribution in [1.82, 2.24) is 10.3 Å². The van der Waals surface area contributed by atoms with Crippen LogP contribution in [0.25, 0.3) is 0 Å². The molecule has 2 atom stereocenters. The SMILES string of the molecule is CC[C@@H](N[C@@H](C)CO)c1ccc(Cl)c(C(=O)c2cccnc2)c1F. The number of halogens is 2. The number of hydrogen-bond donors (Lipinski definition) is 2. The van der Waals surface area contributed by atoms with Crippen LogP contribution in [0, 0.1) is 5.82 Å². The van der Waals surface area contributed by atoms with Gasteiger partial charge < -0.3 is 10.4 Å². The van der Waals surface area contributed by atoms with E-state index in [1.165, 1.54) is 12.3 Å². The van der Waals surface area contributed by atoms with Crippen LogP contribution < -0.4 is 5.32 Å². The normalized spacial score (nSPS) is 13.5. The highest BCUT2D eigenvalue weighted by atomic mass is 35.5. The van der Waals surface area contributed by atoms with Crippen molar-refractivity contribution in [2.45, 2.75) is 32.4 Å². The number of carbonyl (C=O) groups excluding carboxylic acids is 1. The van der Waals surface area contributed by atoms with Gasteiger partial charge in [-0.15, -0.1) is 0 Å². The van der Waals surface area contributed by atoms with E-state index in [0.717, 1.165) is 0 Å². The van der Waals surface area contributed by atoms with Gasteiger partial charge in [0.25, 0.3) is 0 Å². The number of aliphatic hydroxyl groups is 1. The zero-order valence-electron chi connectivity index (χ0n) is 13.6. The summed E-state index contributed by atoms with van der Waals surface area (Å²) < 4.78 is 15.0. The first kappa shape index (κ1) is 18.5. The Hall–Kier alpha value is -1.82. The Morgan fingerprint density at radius 1 is 1.42 bits per heavy atom. The molecule has 0 unspecified atom stereocenters. The average Bonchev–Trinajstić information content (AvgIpc) is 2.60. The van der Waals surface area contributed by atoms with Gasteiger partial charge in [-0.05, 0) is 31.5 Å². The zero-order valence-corrected chi connectivity index (χ0v) is 14.3. The van der Waals surface area contributed by atoms with E-state index in [-0.39, 0.29) is 34.8 Å². The lowest BCUT2D eigenvalue weighted by molar-refractivity contribution is 0.103. The second kappa shape index (κ2) is 8.33. The summed E-state index contributed by atoms with van der Waals surface area (Å²) in [5.74, 6) is -1.14. The van der Waals surface area contributed by atoms with E-state index in [0.29, 0.717) is 12.0 Å². The van der Waals surface area contributed by atoms with Crippen LogP contribution in [0.5, 0.6) is 0 Å². The molecule has 128 valence electrons. The molecule has 0 amide bonds. The Balaban J connectivity index is 2.45. The molecule has 0 aliphatic heterocycles. The van der Waals surface area contributed by atoms with E-state index in [9.17, 15) is 9.90 Å². The molecule has 0 aliphatic rings. The van der Waals surface area contributed by atoms with Gasteiger partial charge in [-0.3, -0.25) is 9.78 Å². The second-order valence-electron chi connectivity index (χ2n) is 5.61. The number of aromatic nitrogens is 1. The lowest BCUT2D eigenvalue weighted by atomic mass is 9.96. The maximum atomic E-state index is 15.0. The third-order valence-electron chi connectivity index (χ3n) is 3.82. The van der Waals surface area contributed by atoms with Crippen molar-refractivity contribution in [2.24, 2.45) is 0 Å². The largest absolute Gasteiger partial charge is 0.395 e. The quantitative estimate of drug-likeness (QED) is 0.750. The van der Waals surface area contributed by atoms with Gasteiger partial charge in [0.1, 0.15) is 5.82 Å². The summed E-state index contributed by atoms with van der Waals surface area (Å²) in [7, 11) is 0. The maximum Gasteiger partial charge on any atom is 0.199 e. The van der Waals surface area contributed by atoms with E-state index >= 15 is 4.39 Å². The van der Waals surface area contributed by atoms with Crippen LogP contribution in [-0.2, 0) is 0 Å². The van der Waals surface area contributed by atoms with Gasteiger partial charge in [0.15, 0.2) is 5.78 Å². The number of nitrogens with zero attached hydrogens (tertiary/aromatic N) is 1. The van der Waals surface area contributed by atoms with Crippen molar-refractivity contribution >= 4 is 17.4 Å². The van der Waals surface area contributed by atoms with Crippen molar-refractivity contribution < 1.29 is 14.3 Å². The summed E-state index contributed by atoms with van der Waals surface area (Å²) in [4.78, 5) is 16.5. The van der Waals surface area contributed by atoms with Gasteiger partial charge in [-0.2, -0.15) is 0 Å². The van der Waals surface area contributed by atoms with Gasteiger partial charge in [-0.1, -0.05) is 24.6 Å². The van der Waals surface area contributed by atoms with Gasteiger partial charge >= 0.3 is 0 Å². The summed E-state index contributed by atoms with van der Waals surface area (Å²) >= 11 is 6.09. The topological polar surface area (TPSA) is 62.2 Å². The molecule has 0 saturated carbocycles. The number of rotatable bonds is 7. The lowest BCUT2D eigenvalue weighted by Gasteiger charge is -2.23. The van der Waals surface area contributed by atoms with Crippen molar-refractivity contribution in [2.75, 3.05) is 6.61 Å². The Bertz CT molecular complexity index is 710. The number of aliphatic hydroxyl groups excluding tert-OH is 1. The van der Waals surface area contributed by atoms with E-state index in [4.69, 9.17) is 11.6 Å². The Kier molecular flexibility index (Phi) is 6.43. The molecule has 0 bridgehead atoms. The molecular weight excluding hydrogens is 331 g/mol. The molecule has 0 fully saturated rings. The number of ketones is 1. The van der Waals surface area contributed by atoms with Gasteiger partial charge in [0.05, 0.1) is 17.2 Å². The number of nitrogens with one attached hydrogen (secondary N) is 1. The van der Waals surface area contributed by atoms with Gasteiger partial charge in [0, 0.05) is 35.6 Å². The first-order valence-corrected chi connectivity index (χ1v) is 8.16. The molecule has 2 N–H and O–H groups in total. The van der Waals surface area contributed by atoms with Crippen LogP contribution in [0.3, 0.4) is 0 Å². The van der Waals surface area contributed by atoms with Crippen LogP contribution >= 0.6 is 11.6 Å². The fourth-order valence-corrected chi connectivity index (χ4v) is 2.74. The average molecular weight is 351 g/mol. The van der Waals surface area contributed by atoms with Gasteiger partial charge in [-0.25, -0.2) is 4.39 Å². The van der Waals surface area contributed by atoms with E-state index < -0.39 is 11.6 Å². The Morgan fingerprint density at radius 3 is 2.75 bits per heavy atom. The Morgan fingerprint density at radius 2 is 2.17 bits per heavy atom. The van der Waals surface area contributed by atoms with Crippen LogP contribution in [-0.4, -0.2) is 28.5 Å². The molecule has 4 nitrogen and oxygen atoms in total. The van der Waals surface area contributed by atoms with Crippen molar-refractivity contribution in [3.8, 4) is 0 Å². The van der Waals surface area contributed by atoms with E-state index in [2.05, 4.69) is 10.3 Å². The summed E-state index contributed by atoms with van der Waals surface area (Å²) in [5, 5.41) is 12.4. The predicted molar refractivity (Wildman–Crippen MR) is 91.8 cm³/mol. The minimum absolute atomic E-state index is 0.0623. The fraction of sp³-hybridized carbons (Fsp3) is 0.333. The first-order chi connectivity index (χ1) is 11.5. The highest BCUT2D eigenvalue weighted by molar-refractivity contribution is 6.35. The standard InChI is InChI=1S/C18H20ClFN2O2/c1-3-15(22-11(2)10-23)13-6-7-14(19)16(17(13)20)18(24)12-5-4-8-21-9-12/h4-9,11,15,22-23H,3,10H2,1-2H3/t11-,15+/m0/s1. The number of pyridine rings is 1.